The van der Waals surface area contributed by atoms with Crippen molar-refractivity contribution in [1.82, 2.24) is 15.5 Å². The normalized spacial score (nSPS) is 11.2. The van der Waals surface area contributed by atoms with E-state index < -0.39 is 11.7 Å². The van der Waals surface area contributed by atoms with E-state index in [2.05, 4.69) is 15.5 Å². The molecule has 1 heterocycles. The predicted octanol–water partition coefficient (Wildman–Crippen LogP) is 3.07. The van der Waals surface area contributed by atoms with Crippen LogP contribution in [-0.4, -0.2) is 21.9 Å². The largest absolute Gasteiger partial charge is 0.444 e. The molecule has 1 aromatic heterocycles. The first kappa shape index (κ1) is 15.0. The van der Waals surface area contributed by atoms with Gasteiger partial charge in [0, 0.05) is 5.56 Å². The van der Waals surface area contributed by atoms with Gasteiger partial charge in [-0.2, -0.15) is 0 Å². The number of aryl methyl sites for hydroxylation is 1. The minimum absolute atomic E-state index is 0.133. The van der Waals surface area contributed by atoms with E-state index in [-0.39, 0.29) is 6.54 Å². The van der Waals surface area contributed by atoms with Crippen molar-refractivity contribution in [2.75, 3.05) is 0 Å². The van der Waals surface area contributed by atoms with Gasteiger partial charge in [0.05, 0.1) is 6.54 Å². The van der Waals surface area contributed by atoms with Gasteiger partial charge in [0.15, 0.2) is 0 Å². The molecule has 0 aliphatic carbocycles. The second-order valence-corrected chi connectivity index (χ2v) is 5.73. The van der Waals surface area contributed by atoms with Crippen LogP contribution in [0.15, 0.2) is 28.7 Å². The molecule has 0 unspecified atom stereocenters. The lowest BCUT2D eigenvalue weighted by molar-refractivity contribution is 0.0519. The maximum atomic E-state index is 11.5. The number of aromatic nitrogens is 2. The zero-order valence-corrected chi connectivity index (χ0v) is 12.6. The molecule has 1 amide bonds. The minimum atomic E-state index is -0.536. The van der Waals surface area contributed by atoms with Gasteiger partial charge in [-0.15, -0.1) is 10.2 Å². The van der Waals surface area contributed by atoms with Gasteiger partial charge in [-0.25, -0.2) is 4.79 Å². The zero-order chi connectivity index (χ0) is 15.5. The standard InChI is InChI=1S/C15H19N3O3/c1-10-6-5-7-11(8-10)13-18-17-12(20-13)9-16-14(19)21-15(2,3)4/h5-8H,9H2,1-4H3,(H,16,19). The number of hydrogen-bond acceptors (Lipinski definition) is 5. The summed E-state index contributed by atoms with van der Waals surface area (Å²) in [5, 5.41) is 10.4. The number of rotatable bonds is 3. The second-order valence-electron chi connectivity index (χ2n) is 5.73. The number of nitrogens with one attached hydrogen (secondary N) is 1. The number of carbonyl (C=O) groups excluding carboxylic acids is 1. The summed E-state index contributed by atoms with van der Waals surface area (Å²) in [6, 6.07) is 7.77. The summed E-state index contributed by atoms with van der Waals surface area (Å²) in [6.45, 7) is 7.53. The fourth-order valence-corrected chi connectivity index (χ4v) is 1.68. The number of hydrogen-bond donors (Lipinski definition) is 1. The van der Waals surface area contributed by atoms with E-state index in [1.807, 2.05) is 31.2 Å². The molecule has 6 nitrogen and oxygen atoms in total. The number of amides is 1. The molecule has 112 valence electrons. The van der Waals surface area contributed by atoms with Crippen molar-refractivity contribution in [2.24, 2.45) is 0 Å². The van der Waals surface area contributed by atoms with E-state index in [0.717, 1.165) is 11.1 Å². The summed E-state index contributed by atoms with van der Waals surface area (Å²) in [5.74, 6) is 0.761. The highest BCUT2D eigenvalue weighted by molar-refractivity contribution is 5.67. The number of alkyl carbamates (subject to hydrolysis) is 1. The quantitative estimate of drug-likeness (QED) is 0.939. The number of ether oxygens (including phenoxy) is 1. The molecule has 0 fully saturated rings. The summed E-state index contributed by atoms with van der Waals surface area (Å²) in [5.41, 5.74) is 1.43. The van der Waals surface area contributed by atoms with Crippen LogP contribution in [0.1, 0.15) is 32.2 Å². The van der Waals surface area contributed by atoms with Crippen LogP contribution in [0.3, 0.4) is 0 Å². The van der Waals surface area contributed by atoms with Gasteiger partial charge >= 0.3 is 6.09 Å². The topological polar surface area (TPSA) is 77.2 Å². The van der Waals surface area contributed by atoms with Crippen LogP contribution < -0.4 is 5.32 Å². The van der Waals surface area contributed by atoms with Crippen LogP contribution in [0.5, 0.6) is 0 Å². The Bertz CT molecular complexity index is 629. The Labute approximate surface area is 123 Å². The summed E-state index contributed by atoms with van der Waals surface area (Å²) < 4.78 is 10.6. The van der Waals surface area contributed by atoms with E-state index in [1.54, 1.807) is 20.8 Å². The van der Waals surface area contributed by atoms with Crippen molar-refractivity contribution in [3.05, 3.63) is 35.7 Å². The molecule has 0 atom stereocenters. The van der Waals surface area contributed by atoms with Crippen molar-refractivity contribution in [2.45, 2.75) is 39.8 Å². The molecule has 6 heteroatoms. The number of benzene rings is 1. The highest BCUT2D eigenvalue weighted by Gasteiger charge is 2.16. The molecule has 2 rings (SSSR count). The van der Waals surface area contributed by atoms with Crippen LogP contribution in [0.2, 0.25) is 0 Å². The Balaban J connectivity index is 1.96. The first-order chi connectivity index (χ1) is 9.83. The summed E-state index contributed by atoms with van der Waals surface area (Å²) in [7, 11) is 0. The van der Waals surface area contributed by atoms with Gasteiger partial charge in [0.1, 0.15) is 5.60 Å². The average Bonchev–Trinajstić information content (AvgIpc) is 2.83. The predicted molar refractivity (Wildman–Crippen MR) is 77.5 cm³/mol. The van der Waals surface area contributed by atoms with E-state index >= 15 is 0 Å². The maximum Gasteiger partial charge on any atom is 0.408 e. The third kappa shape index (κ3) is 4.59. The molecule has 0 aliphatic heterocycles. The first-order valence-corrected chi connectivity index (χ1v) is 6.70. The van der Waals surface area contributed by atoms with Crippen molar-refractivity contribution in [1.29, 1.82) is 0 Å². The Morgan fingerprint density at radius 3 is 2.76 bits per heavy atom. The molecule has 0 saturated heterocycles. The minimum Gasteiger partial charge on any atom is -0.444 e. The van der Waals surface area contributed by atoms with Crippen molar-refractivity contribution < 1.29 is 13.9 Å². The third-order valence-corrected chi connectivity index (χ3v) is 2.51. The lowest BCUT2D eigenvalue weighted by Gasteiger charge is -2.19. The van der Waals surface area contributed by atoms with Crippen molar-refractivity contribution >= 4 is 6.09 Å². The van der Waals surface area contributed by atoms with Crippen LogP contribution >= 0.6 is 0 Å². The van der Waals surface area contributed by atoms with E-state index in [0.29, 0.717) is 11.8 Å². The van der Waals surface area contributed by atoms with Crippen LogP contribution in [-0.2, 0) is 11.3 Å². The van der Waals surface area contributed by atoms with Gasteiger partial charge in [-0.3, -0.25) is 0 Å². The smallest absolute Gasteiger partial charge is 0.408 e. The Kier molecular flexibility index (Phi) is 4.26. The van der Waals surface area contributed by atoms with Gasteiger partial charge in [-0.05, 0) is 39.8 Å². The molecule has 21 heavy (non-hydrogen) atoms. The molecule has 0 aliphatic rings. The van der Waals surface area contributed by atoms with E-state index in [4.69, 9.17) is 9.15 Å². The SMILES string of the molecule is Cc1cccc(-c2nnc(CNC(=O)OC(C)(C)C)o2)c1. The van der Waals surface area contributed by atoms with Crippen LogP contribution in [0.4, 0.5) is 4.79 Å². The monoisotopic (exact) mass is 289 g/mol. The summed E-state index contributed by atoms with van der Waals surface area (Å²) in [6.07, 6.45) is -0.516. The Hall–Kier alpha value is -2.37. The maximum absolute atomic E-state index is 11.5. The fraction of sp³-hybridized carbons (Fsp3) is 0.400. The zero-order valence-electron chi connectivity index (χ0n) is 12.6. The molecule has 0 spiro atoms. The van der Waals surface area contributed by atoms with Gasteiger partial charge in [0.2, 0.25) is 11.8 Å². The van der Waals surface area contributed by atoms with E-state index in [1.165, 1.54) is 0 Å². The highest BCUT2D eigenvalue weighted by Crippen LogP contribution is 2.18. The first-order valence-electron chi connectivity index (χ1n) is 6.70. The Morgan fingerprint density at radius 1 is 1.33 bits per heavy atom. The number of nitrogens with zero attached hydrogens (tertiary/aromatic N) is 2. The van der Waals surface area contributed by atoms with Crippen LogP contribution in [0, 0.1) is 6.92 Å². The second kappa shape index (κ2) is 5.95. The molecule has 2 aromatic rings. The molecular formula is C15H19N3O3. The summed E-state index contributed by atoms with van der Waals surface area (Å²) in [4.78, 5) is 11.5. The molecule has 1 N–H and O–H groups in total. The third-order valence-electron chi connectivity index (χ3n) is 2.51. The summed E-state index contributed by atoms with van der Waals surface area (Å²) >= 11 is 0. The molecule has 1 aromatic carbocycles. The molecular weight excluding hydrogens is 270 g/mol. The average molecular weight is 289 g/mol. The molecule has 0 radical (unpaired) electrons. The van der Waals surface area contributed by atoms with Gasteiger partial charge in [0.25, 0.3) is 0 Å². The lowest BCUT2D eigenvalue weighted by Crippen LogP contribution is -2.32. The molecule has 0 saturated carbocycles. The lowest BCUT2D eigenvalue weighted by atomic mass is 10.1. The van der Waals surface area contributed by atoms with Gasteiger partial charge in [-0.1, -0.05) is 17.7 Å². The van der Waals surface area contributed by atoms with Gasteiger partial charge < -0.3 is 14.5 Å². The number of carbonyl (C=O) groups is 1. The Morgan fingerprint density at radius 2 is 2.10 bits per heavy atom. The van der Waals surface area contributed by atoms with Crippen LogP contribution in [0.25, 0.3) is 11.5 Å². The highest BCUT2D eigenvalue weighted by atomic mass is 16.6. The van der Waals surface area contributed by atoms with Crippen molar-refractivity contribution in [3.8, 4) is 11.5 Å². The van der Waals surface area contributed by atoms with E-state index in [9.17, 15) is 4.79 Å². The fourth-order valence-electron chi connectivity index (χ4n) is 1.68. The molecule has 0 bridgehead atoms. The van der Waals surface area contributed by atoms with Crippen molar-refractivity contribution in [3.63, 3.8) is 0 Å².